The van der Waals surface area contributed by atoms with Gasteiger partial charge < -0.3 is 29.8 Å². The minimum atomic E-state index is -0.968. The van der Waals surface area contributed by atoms with Crippen molar-refractivity contribution in [2.75, 3.05) is 13.2 Å². The first-order valence-corrected chi connectivity index (χ1v) is 8.32. The van der Waals surface area contributed by atoms with Gasteiger partial charge in [-0.1, -0.05) is 0 Å². The van der Waals surface area contributed by atoms with Crippen molar-refractivity contribution in [3.05, 3.63) is 35.4 Å². The molecule has 0 aromatic carbocycles. The molecule has 3 N–H and O–H groups in total. The van der Waals surface area contributed by atoms with Gasteiger partial charge in [0.05, 0.1) is 30.2 Å². The van der Waals surface area contributed by atoms with Gasteiger partial charge in [-0.25, -0.2) is 14.4 Å². The second kappa shape index (κ2) is 8.88. The monoisotopic (exact) mass is 379 g/mol. The Bertz CT molecular complexity index is 755. The van der Waals surface area contributed by atoms with Crippen LogP contribution in [0.25, 0.3) is 0 Å². The van der Waals surface area contributed by atoms with E-state index in [9.17, 15) is 19.2 Å². The Morgan fingerprint density at radius 3 is 2.70 bits per heavy atom. The lowest BCUT2D eigenvalue weighted by molar-refractivity contribution is -0.145. The zero-order chi connectivity index (χ0) is 20.0. The molecule has 27 heavy (non-hydrogen) atoms. The van der Waals surface area contributed by atoms with Gasteiger partial charge in [-0.2, -0.15) is 0 Å². The van der Waals surface area contributed by atoms with Crippen molar-refractivity contribution in [2.24, 2.45) is 0 Å². The summed E-state index contributed by atoms with van der Waals surface area (Å²) in [6, 6.07) is 0.894. The molecule has 0 aliphatic carbocycles. The summed E-state index contributed by atoms with van der Waals surface area (Å²) < 4.78 is 15.0. The number of furan rings is 1. The lowest BCUT2D eigenvalue weighted by Crippen LogP contribution is -2.50. The van der Waals surface area contributed by atoms with E-state index < -0.39 is 36.0 Å². The highest BCUT2D eigenvalue weighted by Crippen LogP contribution is 2.15. The Morgan fingerprint density at radius 1 is 1.33 bits per heavy atom. The van der Waals surface area contributed by atoms with E-state index in [4.69, 9.17) is 13.9 Å². The highest BCUT2D eigenvalue weighted by molar-refractivity contribution is 5.95. The molecule has 0 spiro atoms. The topological polar surface area (TPSA) is 136 Å². The summed E-state index contributed by atoms with van der Waals surface area (Å²) in [5.41, 5.74) is 0.291. The maximum atomic E-state index is 12.1. The molecule has 0 bridgehead atoms. The predicted molar refractivity (Wildman–Crippen MR) is 91.4 cm³/mol. The first-order chi connectivity index (χ1) is 12.8. The molecule has 2 atom stereocenters. The van der Waals surface area contributed by atoms with E-state index in [2.05, 4.69) is 16.0 Å². The van der Waals surface area contributed by atoms with Crippen molar-refractivity contribution in [3.8, 4) is 0 Å². The Labute approximate surface area is 155 Å². The van der Waals surface area contributed by atoms with Crippen molar-refractivity contribution in [3.63, 3.8) is 0 Å². The van der Waals surface area contributed by atoms with Crippen LogP contribution in [0, 0.1) is 0 Å². The third kappa shape index (κ3) is 5.09. The maximum Gasteiger partial charge on any atom is 0.338 e. The van der Waals surface area contributed by atoms with Gasteiger partial charge in [0.15, 0.2) is 5.76 Å². The molecule has 0 unspecified atom stereocenters. The third-order valence-corrected chi connectivity index (χ3v) is 3.67. The fourth-order valence-corrected chi connectivity index (χ4v) is 2.40. The lowest BCUT2D eigenvalue weighted by atomic mass is 10.0. The third-order valence-electron chi connectivity index (χ3n) is 3.67. The van der Waals surface area contributed by atoms with Crippen LogP contribution < -0.4 is 16.0 Å². The molecule has 1 aromatic rings. The van der Waals surface area contributed by atoms with Crippen molar-refractivity contribution in [2.45, 2.75) is 32.9 Å². The van der Waals surface area contributed by atoms with Gasteiger partial charge >= 0.3 is 18.0 Å². The van der Waals surface area contributed by atoms with Gasteiger partial charge in [0, 0.05) is 0 Å². The number of rotatable bonds is 7. The van der Waals surface area contributed by atoms with Gasteiger partial charge in [0.1, 0.15) is 12.6 Å². The molecular weight excluding hydrogens is 358 g/mol. The van der Waals surface area contributed by atoms with E-state index >= 15 is 0 Å². The molecule has 0 saturated heterocycles. The molecule has 2 rings (SSSR count). The van der Waals surface area contributed by atoms with Gasteiger partial charge in [0.25, 0.3) is 5.91 Å². The zero-order valence-corrected chi connectivity index (χ0v) is 15.2. The first-order valence-electron chi connectivity index (χ1n) is 8.32. The number of nitrogens with one attached hydrogen (secondary N) is 3. The number of hydrogen-bond acceptors (Lipinski definition) is 7. The summed E-state index contributed by atoms with van der Waals surface area (Å²) in [4.78, 5) is 47.7. The minimum Gasteiger partial charge on any atom is -0.463 e. The first kappa shape index (κ1) is 20.0. The van der Waals surface area contributed by atoms with Crippen molar-refractivity contribution >= 4 is 23.9 Å². The highest BCUT2D eigenvalue weighted by atomic mass is 16.5. The van der Waals surface area contributed by atoms with Gasteiger partial charge in [0.2, 0.25) is 0 Å². The molecule has 10 heteroatoms. The Balaban J connectivity index is 2.01. The standard InChI is InChI=1S/C17H21N3O7/c1-4-25-16(23)13-9(2)19-17(24)20-11(13)8-27-15(22)10(3)18-14(21)12-6-5-7-26-12/h5-7,9-10H,4,8H2,1-3H3,(H,18,21)(H2,19,20,24)/t9-,10-/m0/s1. The van der Waals surface area contributed by atoms with Crippen LogP contribution >= 0.6 is 0 Å². The van der Waals surface area contributed by atoms with Gasteiger partial charge in [-0.3, -0.25) is 4.79 Å². The Morgan fingerprint density at radius 2 is 2.07 bits per heavy atom. The maximum absolute atomic E-state index is 12.1. The van der Waals surface area contributed by atoms with Crippen molar-refractivity contribution in [1.82, 2.24) is 16.0 Å². The average molecular weight is 379 g/mol. The largest absolute Gasteiger partial charge is 0.463 e. The summed E-state index contributed by atoms with van der Waals surface area (Å²) in [7, 11) is 0. The Kier molecular flexibility index (Phi) is 6.58. The van der Waals surface area contributed by atoms with Crippen LogP contribution in [0.1, 0.15) is 31.3 Å². The van der Waals surface area contributed by atoms with E-state index in [0.717, 1.165) is 0 Å². The quantitative estimate of drug-likeness (QED) is 0.586. The summed E-state index contributed by atoms with van der Waals surface area (Å²) >= 11 is 0. The number of esters is 2. The molecular formula is C17H21N3O7. The fourth-order valence-electron chi connectivity index (χ4n) is 2.40. The molecule has 1 aliphatic heterocycles. The summed E-state index contributed by atoms with van der Waals surface area (Å²) in [6.45, 7) is 4.51. The van der Waals surface area contributed by atoms with E-state index in [1.165, 1.54) is 19.3 Å². The van der Waals surface area contributed by atoms with E-state index in [0.29, 0.717) is 0 Å². The van der Waals surface area contributed by atoms with Crippen LogP contribution in [0.5, 0.6) is 0 Å². The normalized spacial score (nSPS) is 17.4. The van der Waals surface area contributed by atoms with E-state index in [-0.39, 0.29) is 30.2 Å². The molecule has 0 radical (unpaired) electrons. The zero-order valence-electron chi connectivity index (χ0n) is 15.2. The van der Waals surface area contributed by atoms with Gasteiger partial charge in [-0.05, 0) is 32.9 Å². The average Bonchev–Trinajstić information content (AvgIpc) is 3.13. The molecule has 3 amide bonds. The van der Waals surface area contributed by atoms with Crippen molar-refractivity contribution < 1.29 is 33.1 Å². The van der Waals surface area contributed by atoms with E-state index in [1.807, 2.05) is 0 Å². The molecule has 1 aliphatic rings. The predicted octanol–water partition coefficient (Wildman–Crippen LogP) is 0.460. The summed E-state index contributed by atoms with van der Waals surface area (Å²) in [6.07, 6.45) is 1.34. The highest BCUT2D eigenvalue weighted by Gasteiger charge is 2.30. The molecule has 1 aromatic heterocycles. The van der Waals surface area contributed by atoms with Crippen LogP contribution in [0.15, 0.2) is 34.1 Å². The number of hydrogen-bond donors (Lipinski definition) is 3. The van der Waals surface area contributed by atoms with Crippen LogP contribution in [0.2, 0.25) is 0 Å². The smallest absolute Gasteiger partial charge is 0.338 e. The number of carbonyl (C=O) groups is 4. The molecule has 146 valence electrons. The fraction of sp³-hybridized carbons (Fsp3) is 0.412. The van der Waals surface area contributed by atoms with Crippen LogP contribution in [0.4, 0.5) is 4.79 Å². The molecule has 0 fully saturated rings. The second-order valence-corrected chi connectivity index (χ2v) is 5.71. The lowest BCUT2D eigenvalue weighted by Gasteiger charge is -2.26. The van der Waals surface area contributed by atoms with Crippen LogP contribution in [-0.4, -0.2) is 49.2 Å². The summed E-state index contributed by atoms with van der Waals surface area (Å²) in [5, 5.41) is 7.40. The number of amides is 3. The number of urea groups is 1. The molecule has 2 heterocycles. The molecule has 0 saturated carbocycles. The molecule has 10 nitrogen and oxygen atoms in total. The Hall–Kier alpha value is -3.30. The van der Waals surface area contributed by atoms with Crippen molar-refractivity contribution in [1.29, 1.82) is 0 Å². The SMILES string of the molecule is CCOC(=O)C1=C(COC(=O)[C@H](C)NC(=O)c2ccco2)NC(=O)N[C@H]1C. The summed E-state index contributed by atoms with van der Waals surface area (Å²) in [5.74, 6) is -1.88. The second-order valence-electron chi connectivity index (χ2n) is 5.71. The van der Waals surface area contributed by atoms with Crippen LogP contribution in [-0.2, 0) is 19.1 Å². The number of ether oxygens (including phenoxy) is 2. The minimum absolute atomic E-state index is 0.0569. The number of carbonyl (C=O) groups excluding carboxylic acids is 4. The van der Waals surface area contributed by atoms with E-state index in [1.54, 1.807) is 19.9 Å². The van der Waals surface area contributed by atoms with Crippen LogP contribution in [0.3, 0.4) is 0 Å². The van der Waals surface area contributed by atoms with Gasteiger partial charge in [-0.15, -0.1) is 0 Å².